The molecular formula is C25H31NO5. The quantitative estimate of drug-likeness (QED) is 0.620. The molecule has 0 radical (unpaired) electrons. The summed E-state index contributed by atoms with van der Waals surface area (Å²) in [6.45, 7) is 6.36. The molecule has 1 aromatic heterocycles. The Balaban J connectivity index is 1.95. The smallest absolute Gasteiger partial charge is 0.343 e. The lowest BCUT2D eigenvalue weighted by molar-refractivity contribution is -0.151. The van der Waals surface area contributed by atoms with Crippen LogP contribution in [0.5, 0.6) is 0 Å². The first-order valence-corrected chi connectivity index (χ1v) is 10.9. The number of benzene rings is 1. The van der Waals surface area contributed by atoms with Crippen LogP contribution in [-0.4, -0.2) is 29.7 Å². The van der Waals surface area contributed by atoms with Crippen LogP contribution < -0.4 is 5.43 Å². The van der Waals surface area contributed by atoms with Crippen LogP contribution >= 0.6 is 0 Å². The van der Waals surface area contributed by atoms with Gasteiger partial charge >= 0.3 is 11.9 Å². The number of ether oxygens (including phenoxy) is 2. The molecule has 0 saturated heterocycles. The SMILES string of the molecule is CCOC(=O)c1cn(C)cc(-c2ccc(C3(C(=O)OCC(C)C)CCCC3)cc2)c1=O. The van der Waals surface area contributed by atoms with Gasteiger partial charge in [-0.3, -0.25) is 9.59 Å². The molecule has 1 saturated carbocycles. The van der Waals surface area contributed by atoms with E-state index in [1.165, 1.54) is 6.20 Å². The molecule has 0 N–H and O–H groups in total. The predicted octanol–water partition coefficient (Wildman–Crippen LogP) is 4.24. The number of aromatic nitrogens is 1. The first-order valence-electron chi connectivity index (χ1n) is 10.9. The highest BCUT2D eigenvalue weighted by atomic mass is 16.5. The van der Waals surface area contributed by atoms with Crippen LogP contribution in [0.1, 0.15) is 62.4 Å². The van der Waals surface area contributed by atoms with E-state index in [-0.39, 0.29) is 29.5 Å². The van der Waals surface area contributed by atoms with Crippen LogP contribution in [0.25, 0.3) is 11.1 Å². The zero-order valence-electron chi connectivity index (χ0n) is 18.8. The van der Waals surface area contributed by atoms with Crippen molar-refractivity contribution in [1.29, 1.82) is 0 Å². The summed E-state index contributed by atoms with van der Waals surface area (Å²) in [6.07, 6.45) is 6.69. The molecule has 0 spiro atoms. The fourth-order valence-corrected chi connectivity index (χ4v) is 4.21. The molecule has 0 atom stereocenters. The van der Waals surface area contributed by atoms with E-state index in [0.717, 1.165) is 31.2 Å². The predicted molar refractivity (Wildman–Crippen MR) is 119 cm³/mol. The number of hydrogen-bond donors (Lipinski definition) is 0. The average molecular weight is 426 g/mol. The van der Waals surface area contributed by atoms with E-state index in [0.29, 0.717) is 17.7 Å². The van der Waals surface area contributed by atoms with Gasteiger partial charge in [0.25, 0.3) is 0 Å². The largest absolute Gasteiger partial charge is 0.465 e. The highest BCUT2D eigenvalue weighted by Gasteiger charge is 2.44. The van der Waals surface area contributed by atoms with Crippen molar-refractivity contribution in [2.45, 2.75) is 51.9 Å². The van der Waals surface area contributed by atoms with Gasteiger partial charge in [-0.2, -0.15) is 0 Å². The van der Waals surface area contributed by atoms with Gasteiger partial charge in [-0.15, -0.1) is 0 Å². The van der Waals surface area contributed by atoms with Gasteiger partial charge in [0, 0.05) is 25.0 Å². The van der Waals surface area contributed by atoms with E-state index < -0.39 is 11.4 Å². The van der Waals surface area contributed by atoms with Crippen LogP contribution in [0.4, 0.5) is 0 Å². The molecule has 0 amide bonds. The van der Waals surface area contributed by atoms with E-state index in [1.54, 1.807) is 24.7 Å². The maximum atomic E-state index is 13.0. The van der Waals surface area contributed by atoms with Crippen molar-refractivity contribution in [3.63, 3.8) is 0 Å². The molecule has 166 valence electrons. The van der Waals surface area contributed by atoms with Gasteiger partial charge < -0.3 is 14.0 Å². The van der Waals surface area contributed by atoms with E-state index in [9.17, 15) is 14.4 Å². The summed E-state index contributed by atoms with van der Waals surface area (Å²) in [5.74, 6) is -0.501. The topological polar surface area (TPSA) is 74.6 Å². The summed E-state index contributed by atoms with van der Waals surface area (Å²) in [5.41, 5.74) is 1.06. The van der Waals surface area contributed by atoms with Gasteiger partial charge in [0.2, 0.25) is 5.43 Å². The second-order valence-corrected chi connectivity index (χ2v) is 8.66. The summed E-state index contributed by atoms with van der Waals surface area (Å²) in [6, 6.07) is 7.51. The Morgan fingerprint density at radius 1 is 1.06 bits per heavy atom. The monoisotopic (exact) mass is 425 g/mol. The summed E-state index contributed by atoms with van der Waals surface area (Å²) in [7, 11) is 1.76. The summed E-state index contributed by atoms with van der Waals surface area (Å²) < 4.78 is 12.3. The summed E-state index contributed by atoms with van der Waals surface area (Å²) in [5, 5.41) is 0. The lowest BCUT2D eigenvalue weighted by atomic mass is 9.78. The first kappa shape index (κ1) is 22.8. The van der Waals surface area contributed by atoms with Crippen LogP contribution in [-0.2, 0) is 26.7 Å². The number of pyridine rings is 1. The van der Waals surface area contributed by atoms with Gasteiger partial charge in [-0.1, -0.05) is 51.0 Å². The number of carbonyl (C=O) groups excluding carboxylic acids is 2. The number of rotatable bonds is 7. The first-order chi connectivity index (χ1) is 14.8. The summed E-state index contributed by atoms with van der Waals surface area (Å²) in [4.78, 5) is 38.1. The van der Waals surface area contributed by atoms with Gasteiger partial charge in [-0.25, -0.2) is 4.79 Å². The molecule has 6 heteroatoms. The Kier molecular flexibility index (Phi) is 6.98. The van der Waals surface area contributed by atoms with Gasteiger partial charge in [0.15, 0.2) is 0 Å². The van der Waals surface area contributed by atoms with Crippen LogP contribution in [0.3, 0.4) is 0 Å². The molecule has 1 fully saturated rings. The van der Waals surface area contributed by atoms with Crippen LogP contribution in [0.15, 0.2) is 41.5 Å². The fraction of sp³-hybridized carbons (Fsp3) is 0.480. The van der Waals surface area contributed by atoms with Crippen molar-refractivity contribution in [3.8, 4) is 11.1 Å². The Morgan fingerprint density at radius 3 is 2.29 bits per heavy atom. The Labute approximate surface area is 183 Å². The Hall–Kier alpha value is -2.89. The molecule has 0 aliphatic heterocycles. The molecule has 6 nitrogen and oxygen atoms in total. The van der Waals surface area contributed by atoms with Gasteiger partial charge in [-0.05, 0) is 36.8 Å². The van der Waals surface area contributed by atoms with E-state index in [2.05, 4.69) is 0 Å². The molecular weight excluding hydrogens is 394 g/mol. The number of carbonyl (C=O) groups is 2. The van der Waals surface area contributed by atoms with Crippen molar-refractivity contribution in [2.75, 3.05) is 13.2 Å². The molecule has 1 heterocycles. The minimum Gasteiger partial charge on any atom is -0.465 e. The second-order valence-electron chi connectivity index (χ2n) is 8.66. The maximum absolute atomic E-state index is 13.0. The summed E-state index contributed by atoms with van der Waals surface area (Å²) >= 11 is 0. The van der Waals surface area contributed by atoms with E-state index >= 15 is 0 Å². The molecule has 1 aliphatic carbocycles. The Bertz CT molecular complexity index is 998. The average Bonchev–Trinajstić information content (AvgIpc) is 3.25. The molecule has 31 heavy (non-hydrogen) atoms. The maximum Gasteiger partial charge on any atom is 0.343 e. The third-order valence-electron chi connectivity index (χ3n) is 5.79. The standard InChI is InChI=1S/C25H31NO5/c1-5-30-23(28)21-15-26(4)14-20(22(21)27)18-8-10-19(11-9-18)25(12-6-7-13-25)24(29)31-16-17(2)3/h8-11,14-15,17H,5-7,12-13,16H2,1-4H3. The van der Waals surface area contributed by atoms with E-state index in [4.69, 9.17) is 9.47 Å². The van der Waals surface area contributed by atoms with Crippen molar-refractivity contribution < 1.29 is 19.1 Å². The molecule has 1 aromatic carbocycles. The molecule has 2 aromatic rings. The lowest BCUT2D eigenvalue weighted by Gasteiger charge is -2.28. The van der Waals surface area contributed by atoms with Crippen molar-refractivity contribution in [2.24, 2.45) is 13.0 Å². The third kappa shape index (κ3) is 4.73. The zero-order valence-corrected chi connectivity index (χ0v) is 18.8. The van der Waals surface area contributed by atoms with Gasteiger partial charge in [0.05, 0.1) is 18.6 Å². The number of nitrogens with zero attached hydrogens (tertiary/aromatic N) is 1. The highest BCUT2D eigenvalue weighted by Crippen LogP contribution is 2.42. The normalized spacial score (nSPS) is 15.1. The number of esters is 2. The molecule has 3 rings (SSSR count). The Morgan fingerprint density at radius 2 is 1.71 bits per heavy atom. The minimum absolute atomic E-state index is 0.00968. The van der Waals surface area contributed by atoms with Gasteiger partial charge in [0.1, 0.15) is 5.56 Å². The van der Waals surface area contributed by atoms with Crippen molar-refractivity contribution >= 4 is 11.9 Å². The van der Waals surface area contributed by atoms with Crippen LogP contribution in [0.2, 0.25) is 0 Å². The van der Waals surface area contributed by atoms with Crippen molar-refractivity contribution in [3.05, 3.63) is 58.0 Å². The zero-order chi connectivity index (χ0) is 22.6. The number of hydrogen-bond acceptors (Lipinski definition) is 5. The number of aryl methyl sites for hydroxylation is 1. The fourth-order valence-electron chi connectivity index (χ4n) is 4.21. The third-order valence-corrected chi connectivity index (χ3v) is 5.79. The van der Waals surface area contributed by atoms with Crippen LogP contribution in [0, 0.1) is 5.92 Å². The molecule has 1 aliphatic rings. The molecule has 0 bridgehead atoms. The second kappa shape index (κ2) is 9.50. The van der Waals surface area contributed by atoms with Crippen molar-refractivity contribution in [1.82, 2.24) is 4.57 Å². The minimum atomic E-state index is -0.626. The van der Waals surface area contributed by atoms with E-state index in [1.807, 2.05) is 38.1 Å². The lowest BCUT2D eigenvalue weighted by Crippen LogP contribution is -2.35. The molecule has 0 unspecified atom stereocenters. The highest BCUT2D eigenvalue weighted by molar-refractivity contribution is 5.90.